The molecule has 8 nitrogen and oxygen atoms in total. The van der Waals surface area contributed by atoms with Crippen molar-refractivity contribution in [3.63, 3.8) is 0 Å². The van der Waals surface area contributed by atoms with E-state index in [1.165, 1.54) is 24.3 Å². The number of sulfonamides is 1. The molecule has 2 aromatic carbocycles. The molecule has 0 unspecified atom stereocenters. The average Bonchev–Trinajstić information content (AvgIpc) is 3.52. The van der Waals surface area contributed by atoms with Gasteiger partial charge in [-0.1, -0.05) is 6.07 Å². The number of nitrogens with zero attached hydrogens (tertiary/aromatic N) is 1. The number of hydrogen-bond donors (Lipinski definition) is 2. The molecule has 0 bridgehead atoms. The Kier molecular flexibility index (Phi) is 6.41. The van der Waals surface area contributed by atoms with Crippen LogP contribution in [-0.4, -0.2) is 46.0 Å². The largest absolute Gasteiger partial charge is 0.497 e. The molecule has 3 rings (SSSR count). The molecule has 1 fully saturated rings. The van der Waals surface area contributed by atoms with Crippen LogP contribution < -0.4 is 19.9 Å². The summed E-state index contributed by atoms with van der Waals surface area (Å²) in [5.74, 6) is 1.26. The lowest BCUT2D eigenvalue weighted by Crippen LogP contribution is -2.34. The zero-order valence-corrected chi connectivity index (χ0v) is 17.2. The summed E-state index contributed by atoms with van der Waals surface area (Å²) in [5, 5.41) is 7.89. The maximum Gasteiger partial charge on any atom is 0.238 e. The fourth-order valence-corrected chi connectivity index (χ4v) is 3.58. The van der Waals surface area contributed by atoms with Gasteiger partial charge in [0.2, 0.25) is 15.9 Å². The minimum Gasteiger partial charge on any atom is -0.497 e. The van der Waals surface area contributed by atoms with Crippen molar-refractivity contribution in [1.82, 2.24) is 4.90 Å². The Labute approximate surface area is 170 Å². The number of carbonyl (C=O) groups excluding carboxylic acids is 1. The van der Waals surface area contributed by atoms with Gasteiger partial charge in [0.15, 0.2) is 0 Å². The zero-order chi connectivity index (χ0) is 21.0. The highest BCUT2D eigenvalue weighted by Gasteiger charge is 2.31. The van der Waals surface area contributed by atoms with Crippen molar-refractivity contribution >= 4 is 21.6 Å². The van der Waals surface area contributed by atoms with Gasteiger partial charge in [-0.2, -0.15) is 0 Å². The number of amides is 1. The summed E-state index contributed by atoms with van der Waals surface area (Å²) in [6.07, 6.45) is 2.10. The van der Waals surface area contributed by atoms with Crippen molar-refractivity contribution in [3.05, 3.63) is 48.0 Å². The zero-order valence-electron chi connectivity index (χ0n) is 16.4. The fraction of sp³-hybridized carbons (Fsp3) is 0.350. The molecule has 0 heterocycles. The van der Waals surface area contributed by atoms with Crippen LogP contribution in [0.4, 0.5) is 5.69 Å². The van der Waals surface area contributed by atoms with Gasteiger partial charge in [0.25, 0.3) is 0 Å². The van der Waals surface area contributed by atoms with Crippen LogP contribution in [0.15, 0.2) is 47.4 Å². The molecule has 1 saturated carbocycles. The lowest BCUT2D eigenvalue weighted by molar-refractivity contribution is -0.117. The van der Waals surface area contributed by atoms with Crippen molar-refractivity contribution in [3.8, 4) is 11.5 Å². The van der Waals surface area contributed by atoms with Gasteiger partial charge in [0, 0.05) is 29.9 Å². The molecule has 3 N–H and O–H groups in total. The van der Waals surface area contributed by atoms with E-state index in [9.17, 15) is 13.2 Å². The summed E-state index contributed by atoms with van der Waals surface area (Å²) in [6.45, 7) is 0.798. The van der Waals surface area contributed by atoms with E-state index in [-0.39, 0.29) is 17.3 Å². The Hall–Kier alpha value is -2.62. The topological polar surface area (TPSA) is 111 Å². The van der Waals surface area contributed by atoms with Crippen LogP contribution in [0.3, 0.4) is 0 Å². The smallest absolute Gasteiger partial charge is 0.238 e. The van der Waals surface area contributed by atoms with Crippen molar-refractivity contribution in [1.29, 1.82) is 0 Å². The third-order valence-corrected chi connectivity index (χ3v) is 5.67. The first-order valence-corrected chi connectivity index (χ1v) is 10.7. The minimum absolute atomic E-state index is 0.00158. The summed E-state index contributed by atoms with van der Waals surface area (Å²) in [7, 11) is -0.547. The number of nitrogens with one attached hydrogen (secondary N) is 1. The van der Waals surface area contributed by atoms with Crippen LogP contribution in [0.2, 0.25) is 0 Å². The quantitative estimate of drug-likeness (QED) is 0.643. The first kappa shape index (κ1) is 21.1. The monoisotopic (exact) mass is 419 g/mol. The predicted molar refractivity (Wildman–Crippen MR) is 109 cm³/mol. The van der Waals surface area contributed by atoms with Gasteiger partial charge < -0.3 is 14.8 Å². The molecule has 156 valence electrons. The van der Waals surface area contributed by atoms with Gasteiger partial charge >= 0.3 is 0 Å². The molecule has 1 aliphatic carbocycles. The van der Waals surface area contributed by atoms with Crippen molar-refractivity contribution in [2.24, 2.45) is 5.14 Å². The van der Waals surface area contributed by atoms with Crippen LogP contribution in [0.25, 0.3) is 0 Å². The van der Waals surface area contributed by atoms with E-state index >= 15 is 0 Å². The number of methoxy groups -OCH3 is 2. The highest BCUT2D eigenvalue weighted by molar-refractivity contribution is 7.89. The highest BCUT2D eigenvalue weighted by atomic mass is 32.2. The number of rotatable bonds is 9. The molecular weight excluding hydrogens is 394 g/mol. The first-order valence-electron chi connectivity index (χ1n) is 9.18. The number of primary sulfonamides is 1. The van der Waals surface area contributed by atoms with Crippen molar-refractivity contribution in [2.75, 3.05) is 26.1 Å². The summed E-state index contributed by atoms with van der Waals surface area (Å²) < 4.78 is 33.3. The van der Waals surface area contributed by atoms with E-state index in [1.807, 2.05) is 18.2 Å². The number of anilines is 1. The third kappa shape index (κ3) is 5.69. The Balaban J connectivity index is 1.66. The number of carbonyl (C=O) groups is 1. The number of benzene rings is 2. The second kappa shape index (κ2) is 8.81. The van der Waals surface area contributed by atoms with Gasteiger partial charge in [-0.15, -0.1) is 0 Å². The van der Waals surface area contributed by atoms with Crippen LogP contribution >= 0.6 is 0 Å². The molecular formula is C20H25N3O5S. The SMILES string of the molecule is COc1ccc(CN(CC(=O)Nc2ccc(S(N)(=O)=O)cc2)C2CC2)c(OC)c1. The van der Waals surface area contributed by atoms with Crippen LogP contribution in [0.5, 0.6) is 11.5 Å². The second-order valence-electron chi connectivity index (χ2n) is 6.93. The summed E-state index contributed by atoms with van der Waals surface area (Å²) in [4.78, 5) is 14.6. The molecule has 0 aromatic heterocycles. The van der Waals surface area contributed by atoms with Crippen LogP contribution in [0, 0.1) is 0 Å². The Morgan fingerprint density at radius 1 is 1.14 bits per heavy atom. The minimum atomic E-state index is -3.76. The molecule has 0 atom stereocenters. The van der Waals surface area contributed by atoms with E-state index in [0.29, 0.717) is 29.8 Å². The number of nitrogens with two attached hydrogens (primary N) is 1. The summed E-state index contributed by atoms with van der Waals surface area (Å²) >= 11 is 0. The fourth-order valence-electron chi connectivity index (χ4n) is 3.07. The first-order chi connectivity index (χ1) is 13.8. The van der Waals surface area contributed by atoms with Gasteiger partial charge in [0.1, 0.15) is 11.5 Å². The Morgan fingerprint density at radius 2 is 1.83 bits per heavy atom. The predicted octanol–water partition coefficient (Wildman–Crippen LogP) is 1.95. The van der Waals surface area contributed by atoms with Crippen LogP contribution in [0.1, 0.15) is 18.4 Å². The number of ether oxygens (including phenoxy) is 2. The van der Waals surface area contributed by atoms with Crippen molar-refractivity contribution in [2.45, 2.75) is 30.3 Å². The highest BCUT2D eigenvalue weighted by Crippen LogP contribution is 2.31. The molecule has 2 aromatic rings. The summed E-state index contributed by atoms with van der Waals surface area (Å²) in [5.41, 5.74) is 1.49. The standard InChI is InChI=1S/C20H25N3O5S/c1-27-17-8-3-14(19(11-17)28-2)12-23(16-6-7-16)13-20(24)22-15-4-9-18(10-5-15)29(21,25)26/h3-5,8-11,16H,6-7,12-13H2,1-2H3,(H,22,24)(H2,21,25,26). The molecule has 0 spiro atoms. The third-order valence-electron chi connectivity index (χ3n) is 4.74. The van der Waals surface area contributed by atoms with E-state index in [2.05, 4.69) is 10.2 Å². The second-order valence-corrected chi connectivity index (χ2v) is 8.49. The Bertz CT molecular complexity index is 972. The Morgan fingerprint density at radius 3 is 2.38 bits per heavy atom. The molecule has 1 aliphatic rings. The molecule has 9 heteroatoms. The van der Waals surface area contributed by atoms with Gasteiger partial charge in [-0.05, 0) is 43.2 Å². The molecule has 0 radical (unpaired) electrons. The lowest BCUT2D eigenvalue weighted by Gasteiger charge is -2.23. The molecule has 1 amide bonds. The van der Waals surface area contributed by atoms with E-state index < -0.39 is 10.0 Å². The number of hydrogen-bond acceptors (Lipinski definition) is 6. The maximum atomic E-state index is 12.5. The van der Waals surface area contributed by atoms with Crippen LogP contribution in [-0.2, 0) is 21.4 Å². The maximum absolute atomic E-state index is 12.5. The van der Waals surface area contributed by atoms with Gasteiger partial charge in [0.05, 0.1) is 25.7 Å². The summed E-state index contributed by atoms with van der Waals surface area (Å²) in [6, 6.07) is 11.8. The lowest BCUT2D eigenvalue weighted by atomic mass is 10.1. The normalized spacial score (nSPS) is 13.9. The van der Waals surface area contributed by atoms with Gasteiger partial charge in [-0.3, -0.25) is 9.69 Å². The van der Waals surface area contributed by atoms with E-state index in [0.717, 1.165) is 18.4 Å². The van der Waals surface area contributed by atoms with E-state index in [4.69, 9.17) is 14.6 Å². The van der Waals surface area contributed by atoms with Gasteiger partial charge in [-0.25, -0.2) is 13.6 Å². The van der Waals surface area contributed by atoms with E-state index in [1.54, 1.807) is 14.2 Å². The molecule has 0 saturated heterocycles. The van der Waals surface area contributed by atoms with Crippen molar-refractivity contribution < 1.29 is 22.7 Å². The average molecular weight is 420 g/mol. The molecule has 29 heavy (non-hydrogen) atoms. The molecule has 0 aliphatic heterocycles.